The van der Waals surface area contributed by atoms with E-state index in [4.69, 9.17) is 0 Å². The van der Waals surface area contributed by atoms with Gasteiger partial charge in [0.25, 0.3) is 0 Å². The van der Waals surface area contributed by atoms with E-state index in [1.807, 2.05) is 12.1 Å². The molecule has 0 aliphatic carbocycles. The number of pyridine rings is 1. The molecule has 2 aromatic heterocycles. The van der Waals surface area contributed by atoms with Crippen molar-refractivity contribution in [3.8, 4) is 11.4 Å². The second-order valence-corrected chi connectivity index (χ2v) is 3.28. The standard InChI is InChI=1S/C8H5IN4/c9-8-12-5-11-7(13-8)6-1-3-10-4-2-6/h1-5H. The Bertz CT molecular complexity index is 404. The predicted octanol–water partition coefficient (Wildman–Crippen LogP) is 1.54. The molecule has 0 aliphatic rings. The molecule has 2 aromatic rings. The Hall–Kier alpha value is -1.11. The highest BCUT2D eigenvalue weighted by atomic mass is 127. The van der Waals surface area contributed by atoms with Gasteiger partial charge in [-0.15, -0.1) is 0 Å². The molecule has 0 N–H and O–H groups in total. The largest absolute Gasteiger partial charge is 0.265 e. The van der Waals surface area contributed by atoms with Crippen LogP contribution in [0.25, 0.3) is 11.4 Å². The van der Waals surface area contributed by atoms with Gasteiger partial charge in [0.2, 0.25) is 0 Å². The lowest BCUT2D eigenvalue weighted by atomic mass is 10.2. The molecule has 4 nitrogen and oxygen atoms in total. The minimum absolute atomic E-state index is 0.682. The van der Waals surface area contributed by atoms with Crippen molar-refractivity contribution in [1.29, 1.82) is 0 Å². The van der Waals surface area contributed by atoms with Crippen LogP contribution in [-0.4, -0.2) is 19.9 Å². The molecule has 0 amide bonds. The van der Waals surface area contributed by atoms with E-state index < -0.39 is 0 Å². The Morgan fingerprint density at radius 2 is 1.85 bits per heavy atom. The van der Waals surface area contributed by atoms with Crippen molar-refractivity contribution >= 4 is 22.6 Å². The predicted molar refractivity (Wildman–Crippen MR) is 55.8 cm³/mol. The molecule has 0 aliphatic heterocycles. The van der Waals surface area contributed by atoms with Gasteiger partial charge in [0.05, 0.1) is 0 Å². The summed E-state index contributed by atoms with van der Waals surface area (Å²) in [5.74, 6) is 0.682. The molecule has 0 saturated heterocycles. The second-order valence-electron chi connectivity index (χ2n) is 2.31. The van der Waals surface area contributed by atoms with E-state index in [2.05, 4.69) is 42.5 Å². The molecule has 2 heterocycles. The van der Waals surface area contributed by atoms with E-state index in [9.17, 15) is 0 Å². The van der Waals surface area contributed by atoms with Gasteiger partial charge in [-0.2, -0.15) is 0 Å². The molecule has 0 radical (unpaired) electrons. The highest BCUT2D eigenvalue weighted by Gasteiger charge is 2.00. The van der Waals surface area contributed by atoms with Crippen molar-refractivity contribution in [3.63, 3.8) is 0 Å². The zero-order valence-electron chi connectivity index (χ0n) is 6.55. The van der Waals surface area contributed by atoms with Crippen LogP contribution in [0.3, 0.4) is 0 Å². The Morgan fingerprint density at radius 1 is 1.08 bits per heavy atom. The second kappa shape index (κ2) is 3.73. The van der Waals surface area contributed by atoms with Crippen molar-refractivity contribution in [3.05, 3.63) is 34.7 Å². The van der Waals surface area contributed by atoms with Crippen LogP contribution in [0.15, 0.2) is 30.9 Å². The van der Waals surface area contributed by atoms with Gasteiger partial charge in [-0.3, -0.25) is 4.98 Å². The molecule has 0 saturated carbocycles. The summed E-state index contributed by atoms with van der Waals surface area (Å²) in [6.07, 6.45) is 4.93. The van der Waals surface area contributed by atoms with Gasteiger partial charge in [0.1, 0.15) is 6.33 Å². The number of halogens is 1. The maximum atomic E-state index is 4.18. The van der Waals surface area contributed by atoms with E-state index in [0.29, 0.717) is 9.66 Å². The molecule has 13 heavy (non-hydrogen) atoms. The van der Waals surface area contributed by atoms with Crippen molar-refractivity contribution in [2.75, 3.05) is 0 Å². The number of hydrogen-bond donors (Lipinski definition) is 0. The molecule has 0 bridgehead atoms. The van der Waals surface area contributed by atoms with Crippen LogP contribution in [0.2, 0.25) is 0 Å². The first-order valence-electron chi connectivity index (χ1n) is 3.61. The molecule has 0 spiro atoms. The first-order chi connectivity index (χ1) is 6.36. The third kappa shape index (κ3) is 1.97. The van der Waals surface area contributed by atoms with Crippen LogP contribution in [-0.2, 0) is 0 Å². The van der Waals surface area contributed by atoms with Crippen LogP contribution in [0, 0.1) is 3.83 Å². The zero-order valence-corrected chi connectivity index (χ0v) is 8.71. The van der Waals surface area contributed by atoms with E-state index in [-0.39, 0.29) is 0 Å². The summed E-state index contributed by atoms with van der Waals surface area (Å²) in [6, 6.07) is 3.73. The van der Waals surface area contributed by atoms with Gasteiger partial charge in [0.15, 0.2) is 9.66 Å². The molecule has 5 heteroatoms. The van der Waals surface area contributed by atoms with Crippen LogP contribution in [0.5, 0.6) is 0 Å². The van der Waals surface area contributed by atoms with E-state index in [1.54, 1.807) is 12.4 Å². The van der Waals surface area contributed by atoms with Gasteiger partial charge in [-0.05, 0) is 12.1 Å². The monoisotopic (exact) mass is 284 g/mol. The van der Waals surface area contributed by atoms with Crippen LogP contribution in [0.1, 0.15) is 0 Å². The molecule has 2 rings (SSSR count). The van der Waals surface area contributed by atoms with Crippen molar-refractivity contribution < 1.29 is 0 Å². The number of aromatic nitrogens is 4. The average molecular weight is 284 g/mol. The third-order valence-corrected chi connectivity index (χ3v) is 2.00. The average Bonchev–Trinajstić information content (AvgIpc) is 2.19. The summed E-state index contributed by atoms with van der Waals surface area (Å²) in [5, 5.41) is 0. The van der Waals surface area contributed by atoms with Crippen LogP contribution >= 0.6 is 22.6 Å². The Kier molecular flexibility index (Phi) is 2.44. The summed E-state index contributed by atoms with van der Waals surface area (Å²) in [6.45, 7) is 0. The van der Waals surface area contributed by atoms with Gasteiger partial charge >= 0.3 is 0 Å². The van der Waals surface area contributed by atoms with Gasteiger partial charge in [0, 0.05) is 40.5 Å². The van der Waals surface area contributed by atoms with Crippen molar-refractivity contribution in [1.82, 2.24) is 19.9 Å². The van der Waals surface area contributed by atoms with Crippen LogP contribution < -0.4 is 0 Å². The molecular weight excluding hydrogens is 279 g/mol. The normalized spacial score (nSPS) is 9.92. The SMILES string of the molecule is Ic1ncnc(-c2ccncc2)n1. The minimum Gasteiger partial charge on any atom is -0.265 e. The van der Waals surface area contributed by atoms with Crippen molar-refractivity contribution in [2.45, 2.75) is 0 Å². The minimum atomic E-state index is 0.682. The highest BCUT2D eigenvalue weighted by Crippen LogP contribution is 2.11. The maximum absolute atomic E-state index is 4.18. The molecule has 0 aromatic carbocycles. The molecule has 0 atom stereocenters. The molecule has 0 fully saturated rings. The topological polar surface area (TPSA) is 51.6 Å². The van der Waals surface area contributed by atoms with Gasteiger partial charge in [-0.25, -0.2) is 15.0 Å². The summed E-state index contributed by atoms with van der Waals surface area (Å²) in [4.78, 5) is 16.1. The quantitative estimate of drug-likeness (QED) is 0.745. The van der Waals surface area contributed by atoms with E-state index >= 15 is 0 Å². The Morgan fingerprint density at radius 3 is 2.54 bits per heavy atom. The van der Waals surface area contributed by atoms with E-state index in [0.717, 1.165) is 5.56 Å². The summed E-state index contributed by atoms with van der Waals surface area (Å²) < 4.78 is 0.694. The summed E-state index contributed by atoms with van der Waals surface area (Å²) in [5.41, 5.74) is 0.954. The van der Waals surface area contributed by atoms with Gasteiger partial charge in [-0.1, -0.05) is 0 Å². The summed E-state index contributed by atoms with van der Waals surface area (Å²) in [7, 11) is 0. The highest BCUT2D eigenvalue weighted by molar-refractivity contribution is 14.1. The number of hydrogen-bond acceptors (Lipinski definition) is 4. The molecule has 0 unspecified atom stereocenters. The maximum Gasteiger partial charge on any atom is 0.194 e. The molecular formula is C8H5IN4. The first kappa shape index (κ1) is 8.49. The van der Waals surface area contributed by atoms with Crippen molar-refractivity contribution in [2.24, 2.45) is 0 Å². The smallest absolute Gasteiger partial charge is 0.194 e. The number of nitrogens with zero attached hydrogens (tertiary/aromatic N) is 4. The van der Waals surface area contributed by atoms with Gasteiger partial charge < -0.3 is 0 Å². The Balaban J connectivity index is 2.48. The van der Waals surface area contributed by atoms with E-state index in [1.165, 1.54) is 6.33 Å². The Labute approximate surface area is 88.6 Å². The fourth-order valence-corrected chi connectivity index (χ4v) is 1.27. The first-order valence-corrected chi connectivity index (χ1v) is 4.69. The third-order valence-electron chi connectivity index (χ3n) is 1.48. The zero-order chi connectivity index (χ0) is 9.10. The lowest BCUT2D eigenvalue weighted by molar-refractivity contribution is 1.01. The fraction of sp³-hybridized carbons (Fsp3) is 0. The lowest BCUT2D eigenvalue weighted by Gasteiger charge is -1.97. The lowest BCUT2D eigenvalue weighted by Crippen LogP contribution is -1.93. The summed E-state index contributed by atoms with van der Waals surface area (Å²) >= 11 is 2.05. The van der Waals surface area contributed by atoms with Crippen LogP contribution in [0.4, 0.5) is 0 Å². The molecule has 64 valence electrons. The fourth-order valence-electron chi connectivity index (χ4n) is 0.916. The number of rotatable bonds is 1.